The summed E-state index contributed by atoms with van der Waals surface area (Å²) in [4.78, 5) is 2.76. The molecule has 0 radical (unpaired) electrons. The highest BCUT2D eigenvalue weighted by atomic mass is 15.1. The zero-order chi connectivity index (χ0) is 26.4. The number of rotatable bonds is 23. The second-order valence-electron chi connectivity index (χ2n) is 11.2. The minimum absolute atomic E-state index is 1.20. The standard InChI is InChI=1S/C36H59N/c1-4-7-10-13-16-20-26-34-29-25-30-35(36(34)33-27-21-19-22-28-33)37(31-23-17-14-11-8-5-2)32-24-18-15-12-9-6-3/h19,21-22,25,27-30H,4-18,20,23-24,26,31-32H2,1-3H3. The third-order valence-corrected chi connectivity index (χ3v) is 7.89. The van der Waals surface area contributed by atoms with Crippen molar-refractivity contribution in [2.75, 3.05) is 18.0 Å². The Bertz CT molecular complexity index is 765. The molecule has 37 heavy (non-hydrogen) atoms. The maximum absolute atomic E-state index is 2.76. The van der Waals surface area contributed by atoms with Gasteiger partial charge in [0.1, 0.15) is 0 Å². The normalized spacial score (nSPS) is 11.2. The van der Waals surface area contributed by atoms with Crippen LogP contribution in [-0.4, -0.2) is 13.1 Å². The van der Waals surface area contributed by atoms with Crippen molar-refractivity contribution in [2.24, 2.45) is 0 Å². The summed E-state index contributed by atoms with van der Waals surface area (Å²) < 4.78 is 0. The van der Waals surface area contributed by atoms with E-state index in [1.54, 1.807) is 5.56 Å². The molecule has 208 valence electrons. The Hall–Kier alpha value is -1.76. The van der Waals surface area contributed by atoms with E-state index in [0.29, 0.717) is 0 Å². The van der Waals surface area contributed by atoms with Crippen molar-refractivity contribution in [3.05, 3.63) is 54.1 Å². The van der Waals surface area contributed by atoms with Crippen molar-refractivity contribution in [3.63, 3.8) is 0 Å². The van der Waals surface area contributed by atoms with Crippen LogP contribution in [0.1, 0.15) is 142 Å². The van der Waals surface area contributed by atoms with Crippen LogP contribution in [0.2, 0.25) is 0 Å². The van der Waals surface area contributed by atoms with Gasteiger partial charge in [-0.2, -0.15) is 0 Å². The molecule has 0 heterocycles. The van der Waals surface area contributed by atoms with Crippen molar-refractivity contribution in [1.29, 1.82) is 0 Å². The maximum atomic E-state index is 2.76. The Morgan fingerprint density at radius 1 is 0.459 bits per heavy atom. The Kier molecular flexibility index (Phi) is 18.0. The molecule has 0 fully saturated rings. The number of aryl methyl sites for hydroxylation is 1. The van der Waals surface area contributed by atoms with Crippen LogP contribution in [0, 0.1) is 0 Å². The molecule has 0 aliphatic heterocycles. The third-order valence-electron chi connectivity index (χ3n) is 7.89. The molecule has 0 unspecified atom stereocenters. The van der Waals surface area contributed by atoms with E-state index < -0.39 is 0 Å². The van der Waals surface area contributed by atoms with Gasteiger partial charge < -0.3 is 4.90 Å². The zero-order valence-electron chi connectivity index (χ0n) is 24.9. The monoisotopic (exact) mass is 505 g/mol. The van der Waals surface area contributed by atoms with Crippen LogP contribution in [0.4, 0.5) is 5.69 Å². The molecule has 0 aromatic heterocycles. The summed E-state index contributed by atoms with van der Waals surface area (Å²) in [7, 11) is 0. The molecular formula is C36H59N. The highest BCUT2D eigenvalue weighted by molar-refractivity contribution is 5.81. The summed E-state index contributed by atoms with van der Waals surface area (Å²) in [6.07, 6.45) is 25.7. The average Bonchev–Trinajstić information content (AvgIpc) is 2.93. The first kappa shape index (κ1) is 31.5. The lowest BCUT2D eigenvalue weighted by Gasteiger charge is -2.29. The van der Waals surface area contributed by atoms with Crippen LogP contribution in [0.5, 0.6) is 0 Å². The molecule has 0 bridgehead atoms. The van der Waals surface area contributed by atoms with Crippen LogP contribution < -0.4 is 4.90 Å². The van der Waals surface area contributed by atoms with Crippen LogP contribution in [0.15, 0.2) is 48.5 Å². The van der Waals surface area contributed by atoms with Gasteiger partial charge in [-0.15, -0.1) is 0 Å². The van der Waals surface area contributed by atoms with E-state index in [1.165, 1.54) is 152 Å². The van der Waals surface area contributed by atoms with Crippen molar-refractivity contribution in [1.82, 2.24) is 0 Å². The molecule has 0 atom stereocenters. The summed E-state index contributed by atoms with van der Waals surface area (Å²) in [5.74, 6) is 0. The second kappa shape index (κ2) is 21.2. The largest absolute Gasteiger partial charge is 0.371 e. The summed E-state index contributed by atoms with van der Waals surface area (Å²) in [5.41, 5.74) is 5.94. The predicted molar refractivity (Wildman–Crippen MR) is 168 cm³/mol. The van der Waals surface area contributed by atoms with Crippen molar-refractivity contribution < 1.29 is 0 Å². The molecular weight excluding hydrogens is 446 g/mol. The molecule has 0 saturated carbocycles. The van der Waals surface area contributed by atoms with E-state index in [1.807, 2.05) is 0 Å². The highest BCUT2D eigenvalue weighted by Gasteiger charge is 2.16. The molecule has 0 saturated heterocycles. The Morgan fingerprint density at radius 3 is 1.49 bits per heavy atom. The molecule has 0 N–H and O–H groups in total. The summed E-state index contributed by atoms with van der Waals surface area (Å²) in [6, 6.07) is 18.4. The predicted octanol–water partition coefficient (Wildman–Crippen LogP) is 11.8. The van der Waals surface area contributed by atoms with Crippen LogP contribution in [0.3, 0.4) is 0 Å². The van der Waals surface area contributed by atoms with Gasteiger partial charge in [-0.3, -0.25) is 0 Å². The molecule has 0 amide bonds. The molecule has 2 aromatic rings. The molecule has 0 aliphatic carbocycles. The first-order chi connectivity index (χ1) is 18.3. The Labute approximate surface area is 231 Å². The zero-order valence-corrected chi connectivity index (χ0v) is 24.9. The van der Waals surface area contributed by atoms with Gasteiger partial charge >= 0.3 is 0 Å². The fraction of sp³-hybridized carbons (Fsp3) is 0.667. The lowest BCUT2D eigenvalue weighted by molar-refractivity contribution is 0.575. The van der Waals surface area contributed by atoms with Crippen LogP contribution >= 0.6 is 0 Å². The van der Waals surface area contributed by atoms with Gasteiger partial charge in [-0.25, -0.2) is 0 Å². The Balaban J connectivity index is 2.17. The minimum Gasteiger partial charge on any atom is -0.371 e. The van der Waals surface area contributed by atoms with Crippen LogP contribution in [-0.2, 0) is 6.42 Å². The van der Waals surface area contributed by atoms with E-state index in [-0.39, 0.29) is 0 Å². The van der Waals surface area contributed by atoms with Gasteiger partial charge in [0.25, 0.3) is 0 Å². The van der Waals surface area contributed by atoms with E-state index in [2.05, 4.69) is 74.2 Å². The van der Waals surface area contributed by atoms with Crippen molar-refractivity contribution in [3.8, 4) is 11.1 Å². The summed E-state index contributed by atoms with van der Waals surface area (Å²) in [5, 5.41) is 0. The summed E-state index contributed by atoms with van der Waals surface area (Å²) >= 11 is 0. The lowest BCUT2D eigenvalue weighted by atomic mass is 9.93. The fourth-order valence-electron chi connectivity index (χ4n) is 5.61. The topological polar surface area (TPSA) is 3.24 Å². The Morgan fingerprint density at radius 2 is 0.946 bits per heavy atom. The first-order valence-electron chi connectivity index (χ1n) is 16.2. The van der Waals surface area contributed by atoms with Gasteiger partial charge in [-0.05, 0) is 42.9 Å². The van der Waals surface area contributed by atoms with Crippen molar-refractivity contribution >= 4 is 5.69 Å². The van der Waals surface area contributed by atoms with Gasteiger partial charge in [0.05, 0.1) is 0 Å². The first-order valence-corrected chi connectivity index (χ1v) is 16.2. The number of hydrogen-bond acceptors (Lipinski definition) is 1. The quantitative estimate of drug-likeness (QED) is 0.136. The van der Waals surface area contributed by atoms with Gasteiger partial charge in [0.2, 0.25) is 0 Å². The van der Waals surface area contributed by atoms with Gasteiger partial charge in [0.15, 0.2) is 0 Å². The molecule has 1 nitrogen and oxygen atoms in total. The van der Waals surface area contributed by atoms with Crippen molar-refractivity contribution in [2.45, 2.75) is 143 Å². The molecule has 0 aliphatic rings. The number of benzene rings is 2. The summed E-state index contributed by atoms with van der Waals surface area (Å²) in [6.45, 7) is 9.32. The SMILES string of the molecule is CCCCCCCCc1cccc(N(CCCCCCCC)CCCCCCCC)c1-c1ccccc1. The molecule has 2 aromatic carbocycles. The smallest absolute Gasteiger partial charge is 0.0448 e. The van der Waals surface area contributed by atoms with E-state index in [0.717, 1.165) is 0 Å². The van der Waals surface area contributed by atoms with E-state index in [9.17, 15) is 0 Å². The third kappa shape index (κ3) is 13.0. The number of anilines is 1. The van der Waals surface area contributed by atoms with E-state index >= 15 is 0 Å². The van der Waals surface area contributed by atoms with E-state index in [4.69, 9.17) is 0 Å². The van der Waals surface area contributed by atoms with Crippen LogP contribution in [0.25, 0.3) is 11.1 Å². The number of nitrogens with zero attached hydrogens (tertiary/aromatic N) is 1. The number of hydrogen-bond donors (Lipinski definition) is 0. The second-order valence-corrected chi connectivity index (χ2v) is 11.2. The molecule has 1 heteroatoms. The minimum atomic E-state index is 1.20. The maximum Gasteiger partial charge on any atom is 0.0448 e. The lowest BCUT2D eigenvalue weighted by Crippen LogP contribution is -2.26. The number of unbranched alkanes of at least 4 members (excludes halogenated alkanes) is 15. The average molecular weight is 506 g/mol. The molecule has 0 spiro atoms. The highest BCUT2D eigenvalue weighted by Crippen LogP contribution is 2.36. The van der Waals surface area contributed by atoms with Gasteiger partial charge in [-0.1, -0.05) is 160 Å². The molecule has 2 rings (SSSR count). The fourth-order valence-corrected chi connectivity index (χ4v) is 5.61. The van der Waals surface area contributed by atoms with Gasteiger partial charge in [0, 0.05) is 24.3 Å².